The monoisotopic (exact) mass is 370 g/mol. The van der Waals surface area contributed by atoms with Crippen molar-refractivity contribution in [2.24, 2.45) is 0 Å². The standard InChI is InChI=1S/C21H26N2O2S/c1-14-6-5-7-17(13-14)20(24)23-19(10-11-26-4)21(25)22-18-9-8-15(2)12-16(18)3/h5-9,12-13,19H,10-11H2,1-4H3,(H,22,25)(H,23,24). The lowest BCUT2D eigenvalue weighted by molar-refractivity contribution is -0.118. The fourth-order valence-electron chi connectivity index (χ4n) is 2.71. The number of anilines is 1. The van der Waals surface area contributed by atoms with Crippen molar-refractivity contribution in [1.29, 1.82) is 0 Å². The summed E-state index contributed by atoms with van der Waals surface area (Å²) in [5.41, 5.74) is 4.51. The maximum Gasteiger partial charge on any atom is 0.251 e. The molecule has 2 amide bonds. The summed E-state index contributed by atoms with van der Waals surface area (Å²) < 4.78 is 0. The summed E-state index contributed by atoms with van der Waals surface area (Å²) in [5, 5.41) is 5.83. The lowest BCUT2D eigenvalue weighted by Gasteiger charge is -2.19. The van der Waals surface area contributed by atoms with E-state index in [9.17, 15) is 9.59 Å². The molecular formula is C21H26N2O2S. The highest BCUT2D eigenvalue weighted by molar-refractivity contribution is 7.98. The van der Waals surface area contributed by atoms with Gasteiger partial charge in [0.25, 0.3) is 5.91 Å². The van der Waals surface area contributed by atoms with Crippen molar-refractivity contribution >= 4 is 29.3 Å². The molecule has 0 aliphatic rings. The zero-order chi connectivity index (χ0) is 19.1. The Hall–Kier alpha value is -2.27. The molecule has 0 fully saturated rings. The van der Waals surface area contributed by atoms with Crippen molar-refractivity contribution < 1.29 is 9.59 Å². The zero-order valence-electron chi connectivity index (χ0n) is 15.8. The van der Waals surface area contributed by atoms with Gasteiger partial charge in [-0.2, -0.15) is 11.8 Å². The van der Waals surface area contributed by atoms with Crippen LogP contribution >= 0.6 is 11.8 Å². The molecular weight excluding hydrogens is 344 g/mol. The molecule has 0 aliphatic heterocycles. The number of carbonyl (C=O) groups excluding carboxylic acids is 2. The molecule has 0 spiro atoms. The third kappa shape index (κ3) is 5.63. The Bertz CT molecular complexity index is 789. The Kier molecular flexibility index (Phi) is 7.27. The first kappa shape index (κ1) is 20.0. The molecule has 26 heavy (non-hydrogen) atoms. The number of nitrogens with one attached hydrogen (secondary N) is 2. The number of hydrogen-bond acceptors (Lipinski definition) is 3. The number of thioether (sulfide) groups is 1. The largest absolute Gasteiger partial charge is 0.340 e. The summed E-state index contributed by atoms with van der Waals surface area (Å²) in [4.78, 5) is 25.3. The smallest absolute Gasteiger partial charge is 0.251 e. The van der Waals surface area contributed by atoms with Gasteiger partial charge in [0.05, 0.1) is 0 Å². The van der Waals surface area contributed by atoms with Crippen molar-refractivity contribution in [3.05, 3.63) is 64.7 Å². The molecule has 0 saturated heterocycles. The van der Waals surface area contributed by atoms with Gasteiger partial charge >= 0.3 is 0 Å². The van der Waals surface area contributed by atoms with Gasteiger partial charge in [-0.15, -0.1) is 0 Å². The highest BCUT2D eigenvalue weighted by Crippen LogP contribution is 2.17. The van der Waals surface area contributed by atoms with Crippen LogP contribution < -0.4 is 10.6 Å². The van der Waals surface area contributed by atoms with Crippen LogP contribution in [-0.4, -0.2) is 29.9 Å². The van der Waals surface area contributed by atoms with Crippen molar-refractivity contribution in [2.45, 2.75) is 33.2 Å². The van der Waals surface area contributed by atoms with Gasteiger partial charge in [0.15, 0.2) is 0 Å². The number of benzene rings is 2. The van der Waals surface area contributed by atoms with Crippen LogP contribution in [-0.2, 0) is 4.79 Å². The molecule has 0 saturated carbocycles. The average molecular weight is 371 g/mol. The molecule has 4 nitrogen and oxygen atoms in total. The molecule has 138 valence electrons. The van der Waals surface area contributed by atoms with Gasteiger partial charge in [-0.25, -0.2) is 0 Å². The van der Waals surface area contributed by atoms with Gasteiger partial charge in [0.2, 0.25) is 5.91 Å². The minimum atomic E-state index is -0.573. The maximum atomic E-state index is 12.8. The van der Waals surface area contributed by atoms with E-state index in [1.807, 2.05) is 63.4 Å². The summed E-state index contributed by atoms with van der Waals surface area (Å²) >= 11 is 1.65. The zero-order valence-corrected chi connectivity index (χ0v) is 16.6. The predicted molar refractivity (Wildman–Crippen MR) is 110 cm³/mol. The minimum absolute atomic E-state index is 0.188. The normalized spacial score (nSPS) is 11.7. The molecule has 0 bridgehead atoms. The Labute approximate surface area is 159 Å². The molecule has 0 aliphatic carbocycles. The molecule has 2 aromatic carbocycles. The number of rotatable bonds is 7. The van der Waals surface area contributed by atoms with E-state index < -0.39 is 6.04 Å². The highest BCUT2D eigenvalue weighted by atomic mass is 32.2. The fraction of sp³-hybridized carbons (Fsp3) is 0.333. The van der Waals surface area contributed by atoms with Crippen LogP contribution in [0.2, 0.25) is 0 Å². The third-order valence-corrected chi connectivity index (χ3v) is 4.80. The molecule has 2 N–H and O–H groups in total. The van der Waals surface area contributed by atoms with Gasteiger partial charge in [-0.3, -0.25) is 9.59 Å². The lowest BCUT2D eigenvalue weighted by atomic mass is 10.1. The van der Waals surface area contributed by atoms with Crippen LogP contribution in [0.5, 0.6) is 0 Å². The first-order valence-electron chi connectivity index (χ1n) is 8.65. The quantitative estimate of drug-likeness (QED) is 0.771. The number of carbonyl (C=O) groups is 2. The van der Waals surface area contributed by atoms with E-state index in [4.69, 9.17) is 0 Å². The molecule has 1 unspecified atom stereocenters. The Balaban J connectivity index is 2.12. The van der Waals surface area contributed by atoms with E-state index in [2.05, 4.69) is 10.6 Å². The molecule has 2 rings (SSSR count). The minimum Gasteiger partial charge on any atom is -0.340 e. The molecule has 5 heteroatoms. The molecule has 0 radical (unpaired) electrons. The predicted octanol–water partition coefficient (Wildman–Crippen LogP) is 4.10. The van der Waals surface area contributed by atoms with E-state index in [-0.39, 0.29) is 11.8 Å². The van der Waals surface area contributed by atoms with Gasteiger partial charge in [0.1, 0.15) is 6.04 Å². The van der Waals surface area contributed by atoms with E-state index in [1.54, 1.807) is 17.8 Å². The number of amides is 2. The maximum absolute atomic E-state index is 12.8. The number of hydrogen-bond donors (Lipinski definition) is 2. The SMILES string of the molecule is CSCCC(NC(=O)c1cccc(C)c1)C(=O)Nc1ccc(C)cc1C. The summed E-state index contributed by atoms with van der Waals surface area (Å²) in [7, 11) is 0. The molecule has 1 atom stereocenters. The first-order valence-corrected chi connectivity index (χ1v) is 10.0. The van der Waals surface area contributed by atoms with Crippen molar-refractivity contribution in [3.63, 3.8) is 0 Å². The average Bonchev–Trinajstić information content (AvgIpc) is 2.60. The lowest BCUT2D eigenvalue weighted by Crippen LogP contribution is -2.44. The van der Waals surface area contributed by atoms with E-state index in [0.717, 1.165) is 28.1 Å². The molecule has 0 aromatic heterocycles. The van der Waals surface area contributed by atoms with E-state index in [0.29, 0.717) is 12.0 Å². The molecule has 0 heterocycles. The fourth-order valence-corrected chi connectivity index (χ4v) is 3.18. The summed E-state index contributed by atoms with van der Waals surface area (Å²) in [5.74, 6) is 0.376. The van der Waals surface area contributed by atoms with Gasteiger partial charge in [0, 0.05) is 11.3 Å². The topological polar surface area (TPSA) is 58.2 Å². The second-order valence-corrected chi connectivity index (χ2v) is 7.47. The van der Waals surface area contributed by atoms with Crippen LogP contribution in [0.1, 0.15) is 33.5 Å². The van der Waals surface area contributed by atoms with Crippen molar-refractivity contribution in [2.75, 3.05) is 17.3 Å². The van der Waals surface area contributed by atoms with Crippen LogP contribution in [0.4, 0.5) is 5.69 Å². The second kappa shape index (κ2) is 9.43. The highest BCUT2D eigenvalue weighted by Gasteiger charge is 2.21. The van der Waals surface area contributed by atoms with E-state index >= 15 is 0 Å². The van der Waals surface area contributed by atoms with Crippen LogP contribution in [0.3, 0.4) is 0 Å². The summed E-state index contributed by atoms with van der Waals surface area (Å²) in [6.07, 6.45) is 2.57. The van der Waals surface area contributed by atoms with Gasteiger partial charge in [-0.05, 0) is 63.0 Å². The Morgan fingerprint density at radius 1 is 1.04 bits per heavy atom. The second-order valence-electron chi connectivity index (χ2n) is 6.48. The van der Waals surface area contributed by atoms with Crippen LogP contribution in [0.15, 0.2) is 42.5 Å². The Morgan fingerprint density at radius 3 is 2.42 bits per heavy atom. The van der Waals surface area contributed by atoms with Crippen LogP contribution in [0.25, 0.3) is 0 Å². The summed E-state index contributed by atoms with van der Waals surface area (Å²) in [6, 6.07) is 12.7. The third-order valence-electron chi connectivity index (χ3n) is 4.15. The van der Waals surface area contributed by atoms with Gasteiger partial charge in [-0.1, -0.05) is 35.4 Å². The summed E-state index contributed by atoms with van der Waals surface area (Å²) in [6.45, 7) is 5.92. The van der Waals surface area contributed by atoms with Crippen LogP contribution in [0, 0.1) is 20.8 Å². The van der Waals surface area contributed by atoms with Gasteiger partial charge < -0.3 is 10.6 Å². The van der Waals surface area contributed by atoms with Crippen molar-refractivity contribution in [1.82, 2.24) is 5.32 Å². The van der Waals surface area contributed by atoms with Crippen molar-refractivity contribution in [3.8, 4) is 0 Å². The molecule has 2 aromatic rings. The van der Waals surface area contributed by atoms with E-state index in [1.165, 1.54) is 0 Å². The Morgan fingerprint density at radius 2 is 1.77 bits per heavy atom. The number of aryl methyl sites for hydroxylation is 3. The first-order chi connectivity index (χ1) is 12.4.